The van der Waals surface area contributed by atoms with E-state index in [0.29, 0.717) is 4.47 Å². The lowest BCUT2D eigenvalue weighted by Crippen LogP contribution is -2.05. The molecule has 1 aromatic carbocycles. The van der Waals surface area contributed by atoms with Gasteiger partial charge in [-0.05, 0) is 35.9 Å². The molecule has 0 fully saturated rings. The maximum absolute atomic E-state index is 13.9. The van der Waals surface area contributed by atoms with E-state index in [2.05, 4.69) is 36.0 Å². The van der Waals surface area contributed by atoms with Gasteiger partial charge in [0.25, 0.3) is 5.95 Å². The van der Waals surface area contributed by atoms with E-state index in [1.807, 2.05) is 0 Å². The topological polar surface area (TPSA) is 56.5 Å². The first kappa shape index (κ1) is 13.1. The zero-order chi connectivity index (χ0) is 14.1. The molecule has 0 N–H and O–H groups in total. The highest BCUT2D eigenvalue weighted by molar-refractivity contribution is 9.10. The second-order valence-electron chi connectivity index (χ2n) is 3.80. The second-order valence-corrected chi connectivity index (χ2v) is 5.06. The molecule has 0 aliphatic heterocycles. The van der Waals surface area contributed by atoms with Crippen LogP contribution in [0.3, 0.4) is 0 Å². The standard InChI is InChI=1S/C12H6BrClFN5/c13-7-2-3-9(15)8(6-7)10-17-11(14)19-12(18-10)20-5-1-4-16-20/h1-6H. The third-order valence-electron chi connectivity index (χ3n) is 2.47. The molecule has 3 rings (SSSR count). The van der Waals surface area contributed by atoms with Gasteiger partial charge in [-0.25, -0.2) is 9.07 Å². The van der Waals surface area contributed by atoms with Crippen LogP contribution in [-0.4, -0.2) is 24.7 Å². The van der Waals surface area contributed by atoms with Crippen molar-refractivity contribution in [1.82, 2.24) is 24.7 Å². The maximum atomic E-state index is 13.9. The largest absolute Gasteiger partial charge is 0.255 e. The van der Waals surface area contributed by atoms with Crippen LogP contribution in [0.25, 0.3) is 17.3 Å². The monoisotopic (exact) mass is 353 g/mol. The van der Waals surface area contributed by atoms with Crippen molar-refractivity contribution in [2.24, 2.45) is 0 Å². The molecule has 0 radical (unpaired) electrons. The van der Waals surface area contributed by atoms with Crippen molar-refractivity contribution in [3.63, 3.8) is 0 Å². The van der Waals surface area contributed by atoms with Crippen molar-refractivity contribution in [2.45, 2.75) is 0 Å². The van der Waals surface area contributed by atoms with E-state index < -0.39 is 5.82 Å². The van der Waals surface area contributed by atoms with Crippen LogP contribution in [-0.2, 0) is 0 Å². The predicted molar refractivity (Wildman–Crippen MR) is 75.1 cm³/mol. The van der Waals surface area contributed by atoms with Gasteiger partial charge >= 0.3 is 0 Å². The Balaban J connectivity index is 2.17. The van der Waals surface area contributed by atoms with Crippen LogP contribution in [0.15, 0.2) is 41.1 Å². The van der Waals surface area contributed by atoms with Gasteiger partial charge in [0, 0.05) is 16.9 Å². The summed E-state index contributed by atoms with van der Waals surface area (Å²) in [5, 5.41) is 3.98. The van der Waals surface area contributed by atoms with Gasteiger partial charge in [0.1, 0.15) is 5.82 Å². The number of rotatable bonds is 2. The van der Waals surface area contributed by atoms with Crippen molar-refractivity contribution in [3.05, 3.63) is 52.2 Å². The molecule has 0 atom stereocenters. The fourth-order valence-corrected chi connectivity index (χ4v) is 2.14. The smallest absolute Gasteiger partial charge is 0.206 e. The molecule has 2 heterocycles. The lowest BCUT2D eigenvalue weighted by atomic mass is 10.2. The first-order chi connectivity index (χ1) is 9.63. The molecule has 3 aromatic rings. The molecule has 0 amide bonds. The summed E-state index contributed by atoms with van der Waals surface area (Å²) in [7, 11) is 0. The molecule has 8 heteroatoms. The van der Waals surface area contributed by atoms with Crippen molar-refractivity contribution >= 4 is 27.5 Å². The van der Waals surface area contributed by atoms with Gasteiger partial charge in [0.05, 0.1) is 5.56 Å². The molecule has 0 bridgehead atoms. The van der Waals surface area contributed by atoms with Crippen LogP contribution in [0.1, 0.15) is 0 Å². The Kier molecular flexibility index (Phi) is 3.45. The van der Waals surface area contributed by atoms with Crippen molar-refractivity contribution in [1.29, 1.82) is 0 Å². The fraction of sp³-hybridized carbons (Fsp3) is 0. The van der Waals surface area contributed by atoms with E-state index in [-0.39, 0.29) is 22.6 Å². The Bertz CT molecular complexity index is 763. The summed E-state index contributed by atoms with van der Waals surface area (Å²) in [4.78, 5) is 12.1. The summed E-state index contributed by atoms with van der Waals surface area (Å²) in [6.45, 7) is 0. The molecule has 20 heavy (non-hydrogen) atoms. The molecule has 0 aliphatic rings. The number of halogens is 3. The highest BCUT2D eigenvalue weighted by atomic mass is 79.9. The summed E-state index contributed by atoms with van der Waals surface area (Å²) in [5.41, 5.74) is 0.233. The van der Waals surface area contributed by atoms with Crippen LogP contribution in [0.4, 0.5) is 4.39 Å². The van der Waals surface area contributed by atoms with E-state index in [4.69, 9.17) is 11.6 Å². The quantitative estimate of drug-likeness (QED) is 0.709. The van der Waals surface area contributed by atoms with Gasteiger partial charge in [-0.1, -0.05) is 15.9 Å². The summed E-state index contributed by atoms with van der Waals surface area (Å²) in [6, 6.07) is 6.21. The number of aromatic nitrogens is 5. The van der Waals surface area contributed by atoms with E-state index >= 15 is 0 Å². The third kappa shape index (κ3) is 2.54. The molecule has 2 aromatic heterocycles. The molecule has 0 saturated heterocycles. The van der Waals surface area contributed by atoms with Crippen LogP contribution < -0.4 is 0 Å². The van der Waals surface area contributed by atoms with E-state index in [1.54, 1.807) is 30.6 Å². The number of nitrogens with zero attached hydrogens (tertiary/aromatic N) is 5. The van der Waals surface area contributed by atoms with Crippen LogP contribution in [0, 0.1) is 5.82 Å². The molecule has 0 aliphatic carbocycles. The lowest BCUT2D eigenvalue weighted by Gasteiger charge is -2.05. The first-order valence-corrected chi connectivity index (χ1v) is 6.67. The van der Waals surface area contributed by atoms with Crippen molar-refractivity contribution < 1.29 is 4.39 Å². The van der Waals surface area contributed by atoms with Crippen molar-refractivity contribution in [2.75, 3.05) is 0 Å². The number of hydrogen-bond acceptors (Lipinski definition) is 4. The highest BCUT2D eigenvalue weighted by Gasteiger charge is 2.13. The molecular weight excluding hydrogens is 349 g/mol. The average Bonchev–Trinajstić information content (AvgIpc) is 2.95. The summed E-state index contributed by atoms with van der Waals surface area (Å²) >= 11 is 9.15. The van der Waals surface area contributed by atoms with E-state index in [9.17, 15) is 4.39 Å². The Morgan fingerprint density at radius 1 is 1.20 bits per heavy atom. The minimum Gasteiger partial charge on any atom is -0.206 e. The number of hydrogen-bond donors (Lipinski definition) is 0. The molecule has 5 nitrogen and oxygen atoms in total. The minimum atomic E-state index is -0.443. The highest BCUT2D eigenvalue weighted by Crippen LogP contribution is 2.24. The summed E-state index contributed by atoms with van der Waals surface area (Å²) < 4.78 is 16.0. The molecular formula is C12H6BrClFN5. The summed E-state index contributed by atoms with van der Waals surface area (Å²) in [6.07, 6.45) is 3.24. The van der Waals surface area contributed by atoms with Crippen LogP contribution in [0.5, 0.6) is 0 Å². The second kappa shape index (κ2) is 5.26. The van der Waals surface area contributed by atoms with Gasteiger partial charge in [-0.15, -0.1) is 0 Å². The molecule has 0 unspecified atom stereocenters. The van der Waals surface area contributed by atoms with E-state index in [0.717, 1.165) is 0 Å². The molecule has 0 spiro atoms. The predicted octanol–water partition coefficient (Wildman–Crippen LogP) is 3.28. The van der Waals surface area contributed by atoms with Gasteiger partial charge < -0.3 is 0 Å². The average molecular weight is 355 g/mol. The molecule has 100 valence electrons. The maximum Gasteiger partial charge on any atom is 0.255 e. The third-order valence-corrected chi connectivity index (χ3v) is 3.14. The lowest BCUT2D eigenvalue weighted by molar-refractivity contribution is 0.629. The normalized spacial score (nSPS) is 10.8. The Hall–Kier alpha value is -1.86. The van der Waals surface area contributed by atoms with Crippen molar-refractivity contribution in [3.8, 4) is 17.3 Å². The first-order valence-electron chi connectivity index (χ1n) is 5.50. The number of benzene rings is 1. The van der Waals surface area contributed by atoms with Crippen LogP contribution >= 0.6 is 27.5 Å². The Morgan fingerprint density at radius 3 is 2.80 bits per heavy atom. The van der Waals surface area contributed by atoms with E-state index in [1.165, 1.54) is 10.7 Å². The Labute approximate surface area is 126 Å². The van der Waals surface area contributed by atoms with Gasteiger partial charge in [0.15, 0.2) is 5.82 Å². The van der Waals surface area contributed by atoms with Gasteiger partial charge in [-0.2, -0.15) is 20.1 Å². The zero-order valence-electron chi connectivity index (χ0n) is 9.83. The zero-order valence-corrected chi connectivity index (χ0v) is 12.2. The SMILES string of the molecule is Fc1ccc(Br)cc1-c1nc(Cl)nc(-n2cccn2)n1. The Morgan fingerprint density at radius 2 is 2.05 bits per heavy atom. The molecule has 0 saturated carbocycles. The van der Waals surface area contributed by atoms with Crippen LogP contribution in [0.2, 0.25) is 5.28 Å². The van der Waals surface area contributed by atoms with Gasteiger partial charge in [-0.3, -0.25) is 0 Å². The fourth-order valence-electron chi connectivity index (χ4n) is 1.62. The summed E-state index contributed by atoms with van der Waals surface area (Å²) in [5.74, 6) is -0.0689. The van der Waals surface area contributed by atoms with Gasteiger partial charge in [0.2, 0.25) is 5.28 Å². The minimum absolute atomic E-state index is 0.0279.